The van der Waals surface area contributed by atoms with Crippen LogP contribution in [0.2, 0.25) is 0 Å². The second-order valence-electron chi connectivity index (χ2n) is 5.87. The van der Waals surface area contributed by atoms with Crippen molar-refractivity contribution >= 4 is 27.7 Å². The molecule has 0 fully saturated rings. The summed E-state index contributed by atoms with van der Waals surface area (Å²) < 4.78 is 6.02. The number of rotatable bonds is 6. The van der Waals surface area contributed by atoms with Crippen molar-refractivity contribution in [2.45, 2.75) is 6.42 Å². The highest BCUT2D eigenvalue weighted by Crippen LogP contribution is 2.13. The number of carbonyl (C=O) groups excluding carboxylic acids is 2. The van der Waals surface area contributed by atoms with E-state index in [-0.39, 0.29) is 12.4 Å². The molecule has 3 nitrogen and oxygen atoms in total. The number of esters is 1. The molecule has 3 aromatic rings. The molecule has 130 valence electrons. The number of benzene rings is 3. The zero-order valence-electron chi connectivity index (χ0n) is 14.0. The summed E-state index contributed by atoms with van der Waals surface area (Å²) in [7, 11) is 0. The average molecular weight is 409 g/mol. The van der Waals surface area contributed by atoms with Crippen LogP contribution in [0.5, 0.6) is 0 Å². The molecule has 0 aliphatic heterocycles. The van der Waals surface area contributed by atoms with Gasteiger partial charge >= 0.3 is 5.97 Å². The van der Waals surface area contributed by atoms with Crippen LogP contribution in [-0.4, -0.2) is 18.4 Å². The van der Waals surface area contributed by atoms with Crippen molar-refractivity contribution < 1.29 is 14.3 Å². The van der Waals surface area contributed by atoms with Crippen molar-refractivity contribution in [1.29, 1.82) is 0 Å². The van der Waals surface area contributed by atoms with Gasteiger partial charge in [-0.2, -0.15) is 0 Å². The number of carbonyl (C=O) groups is 2. The molecule has 0 spiro atoms. The highest BCUT2D eigenvalue weighted by atomic mass is 79.9. The van der Waals surface area contributed by atoms with Crippen LogP contribution < -0.4 is 0 Å². The van der Waals surface area contributed by atoms with Gasteiger partial charge in [0.25, 0.3) is 0 Å². The van der Waals surface area contributed by atoms with Gasteiger partial charge in [-0.1, -0.05) is 70.5 Å². The van der Waals surface area contributed by atoms with E-state index in [1.165, 1.54) is 5.56 Å². The first-order chi connectivity index (χ1) is 12.6. The molecule has 26 heavy (non-hydrogen) atoms. The quantitative estimate of drug-likeness (QED) is 0.421. The highest BCUT2D eigenvalue weighted by molar-refractivity contribution is 9.10. The summed E-state index contributed by atoms with van der Waals surface area (Å²) in [5.74, 6) is -0.728. The van der Waals surface area contributed by atoms with E-state index in [9.17, 15) is 9.59 Å². The second kappa shape index (κ2) is 8.59. The number of hydrogen-bond donors (Lipinski definition) is 0. The number of ketones is 1. The fourth-order valence-electron chi connectivity index (χ4n) is 2.52. The second-order valence-corrected chi connectivity index (χ2v) is 6.78. The van der Waals surface area contributed by atoms with Gasteiger partial charge in [-0.25, -0.2) is 4.79 Å². The minimum Gasteiger partial charge on any atom is -0.454 e. The molecule has 0 saturated heterocycles. The van der Waals surface area contributed by atoms with E-state index in [0.29, 0.717) is 11.1 Å². The zero-order valence-corrected chi connectivity index (χ0v) is 15.6. The number of hydrogen-bond acceptors (Lipinski definition) is 3. The van der Waals surface area contributed by atoms with Crippen molar-refractivity contribution in [2.75, 3.05) is 6.61 Å². The first-order valence-corrected chi connectivity index (χ1v) is 9.00. The molecular weight excluding hydrogens is 392 g/mol. The summed E-state index contributed by atoms with van der Waals surface area (Å²) in [5, 5.41) is 0. The lowest BCUT2D eigenvalue weighted by molar-refractivity contribution is 0.0475. The first kappa shape index (κ1) is 18.1. The fraction of sp³-hybridized carbons (Fsp3) is 0.0909. The Balaban J connectivity index is 1.56. The van der Waals surface area contributed by atoms with E-state index in [4.69, 9.17) is 4.74 Å². The van der Waals surface area contributed by atoms with Crippen LogP contribution in [0.4, 0.5) is 0 Å². The molecule has 0 bridgehead atoms. The summed E-state index contributed by atoms with van der Waals surface area (Å²) in [6.45, 7) is -0.272. The summed E-state index contributed by atoms with van der Waals surface area (Å²) in [6.07, 6.45) is 0.804. The summed E-state index contributed by atoms with van der Waals surface area (Å²) in [4.78, 5) is 24.2. The predicted molar refractivity (Wildman–Crippen MR) is 104 cm³/mol. The molecule has 3 rings (SSSR count). The van der Waals surface area contributed by atoms with Crippen LogP contribution in [0.1, 0.15) is 31.8 Å². The summed E-state index contributed by atoms with van der Waals surface area (Å²) in [5.41, 5.74) is 3.27. The standard InChI is InChI=1S/C22H17BrO3/c23-20-12-10-18(11-13-20)21(24)15-26-22(25)19-8-6-17(7-9-19)14-16-4-2-1-3-5-16/h1-13H,14-15H2. The van der Waals surface area contributed by atoms with Gasteiger partial charge in [0.2, 0.25) is 0 Å². The molecule has 0 N–H and O–H groups in total. The van der Waals surface area contributed by atoms with Gasteiger partial charge in [0.05, 0.1) is 5.56 Å². The maximum Gasteiger partial charge on any atom is 0.338 e. The Bertz CT molecular complexity index is 885. The monoisotopic (exact) mass is 408 g/mol. The normalized spacial score (nSPS) is 10.3. The maximum atomic E-state index is 12.1. The van der Waals surface area contributed by atoms with Crippen LogP contribution >= 0.6 is 15.9 Å². The summed E-state index contributed by atoms with van der Waals surface area (Å²) >= 11 is 3.32. The third-order valence-electron chi connectivity index (χ3n) is 3.94. The SMILES string of the molecule is O=C(COC(=O)c1ccc(Cc2ccccc2)cc1)c1ccc(Br)cc1. The van der Waals surface area contributed by atoms with Gasteiger partial charge < -0.3 is 4.74 Å². The Morgan fingerprint density at radius 3 is 1.96 bits per heavy atom. The lowest BCUT2D eigenvalue weighted by atomic mass is 10.0. The largest absolute Gasteiger partial charge is 0.454 e. The third kappa shape index (κ3) is 4.90. The van der Waals surface area contributed by atoms with Gasteiger partial charge in [-0.05, 0) is 41.8 Å². The van der Waals surface area contributed by atoms with Crippen LogP contribution in [0.3, 0.4) is 0 Å². The molecule has 0 unspecified atom stereocenters. The zero-order chi connectivity index (χ0) is 18.4. The molecule has 0 heterocycles. The Hall–Kier alpha value is -2.72. The average Bonchev–Trinajstić information content (AvgIpc) is 2.68. The van der Waals surface area contributed by atoms with Crippen LogP contribution in [0, 0.1) is 0 Å². The minimum absolute atomic E-state index is 0.230. The fourth-order valence-corrected chi connectivity index (χ4v) is 2.79. The van der Waals surface area contributed by atoms with Gasteiger partial charge in [0, 0.05) is 10.0 Å². The predicted octanol–water partition coefficient (Wildman–Crippen LogP) is 5.08. The van der Waals surface area contributed by atoms with Crippen LogP contribution in [0.15, 0.2) is 83.3 Å². The van der Waals surface area contributed by atoms with E-state index < -0.39 is 5.97 Å². The third-order valence-corrected chi connectivity index (χ3v) is 4.47. The Morgan fingerprint density at radius 1 is 0.731 bits per heavy atom. The van der Waals surface area contributed by atoms with E-state index in [2.05, 4.69) is 28.1 Å². The molecule has 0 saturated carbocycles. The number of halogens is 1. The highest BCUT2D eigenvalue weighted by Gasteiger charge is 2.12. The van der Waals surface area contributed by atoms with Gasteiger partial charge in [-0.3, -0.25) is 4.79 Å². The first-order valence-electron chi connectivity index (χ1n) is 8.20. The van der Waals surface area contributed by atoms with E-state index in [0.717, 1.165) is 16.5 Å². The van der Waals surface area contributed by atoms with Crippen molar-refractivity contribution in [3.05, 3.63) is 106 Å². The molecule has 3 aromatic carbocycles. The topological polar surface area (TPSA) is 43.4 Å². The van der Waals surface area contributed by atoms with Crippen LogP contribution in [-0.2, 0) is 11.2 Å². The van der Waals surface area contributed by atoms with Gasteiger partial charge in [0.1, 0.15) is 0 Å². The Morgan fingerprint density at radius 2 is 1.31 bits per heavy atom. The molecule has 0 radical (unpaired) electrons. The maximum absolute atomic E-state index is 12.1. The summed E-state index contributed by atoms with van der Waals surface area (Å²) in [6, 6.07) is 24.3. The molecule has 0 aliphatic carbocycles. The lowest BCUT2D eigenvalue weighted by Gasteiger charge is -2.06. The van der Waals surface area contributed by atoms with Crippen LogP contribution in [0.25, 0.3) is 0 Å². The van der Waals surface area contributed by atoms with E-state index >= 15 is 0 Å². The molecule has 0 atom stereocenters. The van der Waals surface area contributed by atoms with Crippen molar-refractivity contribution in [3.63, 3.8) is 0 Å². The molecule has 4 heteroatoms. The Labute approximate surface area is 160 Å². The molecule has 0 aromatic heterocycles. The molecule has 0 amide bonds. The minimum atomic E-state index is -0.498. The van der Waals surface area contributed by atoms with Crippen molar-refractivity contribution in [1.82, 2.24) is 0 Å². The molecule has 0 aliphatic rings. The number of ether oxygens (including phenoxy) is 1. The van der Waals surface area contributed by atoms with E-state index in [1.54, 1.807) is 36.4 Å². The smallest absolute Gasteiger partial charge is 0.338 e. The Kier molecular flexibility index (Phi) is 5.97. The molecular formula is C22H17BrO3. The number of Topliss-reactive ketones (excluding diaryl/α,β-unsaturated/α-hetero) is 1. The van der Waals surface area contributed by atoms with Gasteiger partial charge in [0.15, 0.2) is 12.4 Å². The van der Waals surface area contributed by atoms with Gasteiger partial charge in [-0.15, -0.1) is 0 Å². The van der Waals surface area contributed by atoms with Crippen molar-refractivity contribution in [2.24, 2.45) is 0 Å². The lowest BCUT2D eigenvalue weighted by Crippen LogP contribution is -2.14. The van der Waals surface area contributed by atoms with Crippen molar-refractivity contribution in [3.8, 4) is 0 Å². The van der Waals surface area contributed by atoms with E-state index in [1.807, 2.05) is 30.3 Å².